The average Bonchev–Trinajstić information content (AvgIpc) is 0.722. The summed E-state index contributed by atoms with van der Waals surface area (Å²) in [4.78, 5) is 14.8. The fourth-order valence-corrected chi connectivity index (χ4v) is 0. The van der Waals surface area contributed by atoms with E-state index in [4.69, 9.17) is 14.4 Å². The molecule has 0 aromatic rings. The lowest BCUT2D eigenvalue weighted by molar-refractivity contribution is 0.374. The van der Waals surface area contributed by atoms with E-state index in [-0.39, 0.29) is 2.85 Å². The van der Waals surface area contributed by atoms with Crippen LogP contribution in [0.1, 0.15) is 2.85 Å². The van der Waals surface area contributed by atoms with Crippen LogP contribution in [0.4, 0.5) is 0 Å². The topological polar surface area (TPSA) is 83.6 Å². The van der Waals surface area contributed by atoms with Crippen LogP contribution in [0, 0.1) is 0 Å². The smallest absolute Gasteiger partial charge is 0.313 e. The Morgan fingerprint density at radius 2 is 1.80 bits per heavy atom. The lowest BCUT2D eigenvalue weighted by Gasteiger charge is -1.84. The molecular formula is H6NO3P+2. The largest absolute Gasteiger partial charge is 1.00 e. The summed E-state index contributed by atoms with van der Waals surface area (Å²) in [5.74, 6) is 0. The average molecular weight is 99.0 g/mol. The highest BCUT2D eigenvalue weighted by molar-refractivity contribution is 7.49. The van der Waals surface area contributed by atoms with Crippen molar-refractivity contribution in [3.05, 3.63) is 0 Å². The zero-order valence-electron chi connectivity index (χ0n) is 4.33. The van der Waals surface area contributed by atoms with Gasteiger partial charge in [0.05, 0.1) is 0 Å². The first-order valence-electron chi connectivity index (χ1n) is 0.841. The Balaban J connectivity index is -0.0000000800. The Morgan fingerprint density at radius 3 is 1.80 bits per heavy atom. The lowest BCUT2D eigenvalue weighted by atomic mass is 13.9. The molecule has 0 spiro atoms. The van der Waals surface area contributed by atoms with Gasteiger partial charge in [-0.3, -0.25) is 0 Å². The highest BCUT2D eigenvalue weighted by Gasteiger charge is 1.96. The minimum Gasteiger partial charge on any atom is -0.313 e. The predicted octanol–water partition coefficient (Wildman–Crippen LogP) is -0.737. The summed E-state index contributed by atoms with van der Waals surface area (Å²) < 4.78 is 9.10. The van der Waals surface area contributed by atoms with E-state index in [2.05, 4.69) is 5.50 Å². The molecule has 4 nitrogen and oxygen atoms in total. The van der Waals surface area contributed by atoms with Gasteiger partial charge in [-0.15, -0.1) is 0 Å². The minimum absolute atomic E-state index is 0. The Morgan fingerprint density at radius 1 is 1.80 bits per heavy atom. The van der Waals surface area contributed by atoms with Gasteiger partial charge in [0.25, 0.3) is 0 Å². The van der Waals surface area contributed by atoms with Crippen molar-refractivity contribution in [3.8, 4) is 0 Å². The molecule has 0 fully saturated rings. The minimum atomic E-state index is -4.14. The zero-order chi connectivity index (χ0) is 4.50. The summed E-state index contributed by atoms with van der Waals surface area (Å²) in [6.07, 6.45) is 0. The second-order valence-electron chi connectivity index (χ2n) is 0.589. The summed E-state index contributed by atoms with van der Waals surface area (Å²) in [6.45, 7) is 0. The van der Waals surface area contributed by atoms with Crippen LogP contribution in [-0.4, -0.2) is 9.79 Å². The van der Waals surface area contributed by atoms with Crippen LogP contribution >= 0.6 is 7.75 Å². The molecule has 0 radical (unpaired) electrons. The summed E-state index contributed by atoms with van der Waals surface area (Å²) >= 11 is 0. The van der Waals surface area contributed by atoms with Crippen molar-refractivity contribution in [2.45, 2.75) is 0 Å². The standard InChI is InChI=1S/H4NO3P/c1-5(2,3)4/h(H4,1,2,3,4)/p+2. The number of hydrogen-bond donors (Lipinski definition) is 3. The van der Waals surface area contributed by atoms with Gasteiger partial charge in [-0.05, 0) is 0 Å². The first-order valence-corrected chi connectivity index (χ1v) is 2.52. The summed E-state index contributed by atoms with van der Waals surface area (Å²) in [5, 5.41) is 0. The van der Waals surface area contributed by atoms with Crippen LogP contribution in [0.25, 0.3) is 0 Å². The molecule has 0 unspecified atom stereocenters. The molecule has 0 aliphatic carbocycles. The number of nitrogens with two attached hydrogens (primary N) is 1. The zero-order valence-corrected chi connectivity index (χ0v) is 3.22. The van der Waals surface area contributed by atoms with Gasteiger partial charge in [0.15, 0.2) is 0 Å². The Labute approximate surface area is 31.8 Å². The maximum absolute atomic E-state index is 9.10. The third-order valence-electron chi connectivity index (χ3n) is 0. The van der Waals surface area contributed by atoms with Crippen LogP contribution in [0.15, 0.2) is 0 Å². The van der Waals surface area contributed by atoms with Crippen LogP contribution in [0.5, 0.6) is 0 Å². The van der Waals surface area contributed by atoms with Crippen molar-refractivity contribution < 1.29 is 17.2 Å². The molecule has 5 heteroatoms. The SMILES string of the molecule is NP(=O)(O)O.[H+].[H+]. The van der Waals surface area contributed by atoms with Crippen LogP contribution in [0.2, 0.25) is 0 Å². The van der Waals surface area contributed by atoms with E-state index in [1.54, 1.807) is 0 Å². The molecule has 32 valence electrons. The molecule has 0 heterocycles. The molecule has 0 saturated heterocycles. The molecule has 0 amide bonds. The van der Waals surface area contributed by atoms with E-state index in [0.717, 1.165) is 0 Å². The van der Waals surface area contributed by atoms with Gasteiger partial charge in [-0.1, -0.05) is 0 Å². The van der Waals surface area contributed by atoms with E-state index in [0.29, 0.717) is 0 Å². The van der Waals surface area contributed by atoms with E-state index < -0.39 is 7.75 Å². The third-order valence-corrected chi connectivity index (χ3v) is 0. The molecule has 0 atom stereocenters. The van der Waals surface area contributed by atoms with Gasteiger partial charge >= 0.3 is 10.6 Å². The maximum Gasteiger partial charge on any atom is 1.00 e. The quantitative estimate of drug-likeness (QED) is 0.349. The Hall–Kier alpha value is 0.110. The molecular weight excluding hydrogens is 93.0 g/mol. The molecule has 4 N–H and O–H groups in total. The van der Waals surface area contributed by atoms with Gasteiger partial charge < -0.3 is 9.79 Å². The normalized spacial score (nSPS) is 11.8. The summed E-state index contributed by atoms with van der Waals surface area (Å²) in [6, 6.07) is 0. The van der Waals surface area contributed by atoms with E-state index in [1.807, 2.05) is 0 Å². The van der Waals surface area contributed by atoms with Gasteiger partial charge in [0.2, 0.25) is 0 Å². The lowest BCUT2D eigenvalue weighted by Crippen LogP contribution is -1.87. The van der Waals surface area contributed by atoms with Crippen molar-refractivity contribution in [1.29, 1.82) is 0 Å². The van der Waals surface area contributed by atoms with Crippen molar-refractivity contribution in [3.63, 3.8) is 0 Å². The van der Waals surface area contributed by atoms with Gasteiger partial charge in [-0.2, -0.15) is 0 Å². The molecule has 0 aromatic carbocycles. The maximum atomic E-state index is 9.10. The van der Waals surface area contributed by atoms with Gasteiger partial charge in [0.1, 0.15) is 0 Å². The Bertz CT molecular complexity index is 59.1. The Kier molecular flexibility index (Phi) is 1.09. The molecule has 5 heavy (non-hydrogen) atoms. The fourth-order valence-electron chi connectivity index (χ4n) is 0. The first kappa shape index (κ1) is 5.11. The van der Waals surface area contributed by atoms with Crippen molar-refractivity contribution in [1.82, 2.24) is 0 Å². The van der Waals surface area contributed by atoms with E-state index in [1.165, 1.54) is 0 Å². The van der Waals surface area contributed by atoms with Crippen LogP contribution in [0.3, 0.4) is 0 Å². The van der Waals surface area contributed by atoms with Gasteiger partial charge in [-0.25, -0.2) is 10.1 Å². The second-order valence-corrected chi connectivity index (χ2v) is 1.77. The highest BCUT2D eigenvalue weighted by atomic mass is 31.2. The molecule has 0 rings (SSSR count). The molecule has 0 aliphatic heterocycles. The summed E-state index contributed by atoms with van der Waals surface area (Å²) in [5.41, 5.74) is 4.02. The monoisotopic (exact) mass is 99.0 g/mol. The number of hydrogen-bond acceptors (Lipinski definition) is 1. The van der Waals surface area contributed by atoms with Gasteiger partial charge in [0, 0.05) is 0 Å². The number of rotatable bonds is 0. The van der Waals surface area contributed by atoms with Crippen molar-refractivity contribution in [2.75, 3.05) is 0 Å². The van der Waals surface area contributed by atoms with Crippen LogP contribution in [-0.2, 0) is 4.57 Å². The van der Waals surface area contributed by atoms with Crippen molar-refractivity contribution in [2.24, 2.45) is 5.50 Å². The molecule has 0 aromatic heterocycles. The van der Waals surface area contributed by atoms with Crippen molar-refractivity contribution >= 4 is 7.75 Å². The fraction of sp³-hybridized carbons (Fsp3) is 0. The van der Waals surface area contributed by atoms with E-state index in [9.17, 15) is 0 Å². The highest BCUT2D eigenvalue weighted by Crippen LogP contribution is 2.19. The van der Waals surface area contributed by atoms with E-state index >= 15 is 0 Å². The predicted molar refractivity (Wildman–Crippen MR) is 18.5 cm³/mol. The molecule has 0 saturated carbocycles. The summed E-state index contributed by atoms with van der Waals surface area (Å²) in [7, 11) is -4.14. The molecule has 0 bridgehead atoms. The second kappa shape index (κ2) is 1.06. The third kappa shape index (κ3) is 1510. The van der Waals surface area contributed by atoms with Crippen LogP contribution < -0.4 is 5.50 Å². The first-order chi connectivity index (χ1) is 2.00. The molecule has 0 aliphatic rings.